The Hall–Kier alpha value is -7.08. The summed E-state index contributed by atoms with van der Waals surface area (Å²) in [5.74, 6) is -4.75. The molecular weight excluding hydrogens is 1190 g/mol. The third kappa shape index (κ3) is 33.7. The summed E-state index contributed by atoms with van der Waals surface area (Å²) < 4.78 is 57.4. The zero-order chi connectivity index (χ0) is 64.8. The van der Waals surface area contributed by atoms with Gasteiger partial charge in [-0.3, -0.25) is 86.9 Å². The van der Waals surface area contributed by atoms with Crippen molar-refractivity contribution in [2.45, 2.75) is 25.7 Å². The van der Waals surface area contributed by atoms with Crippen LogP contribution in [0.2, 0.25) is 0 Å². The Balaban J connectivity index is 1.08. The quantitative estimate of drug-likeness (QED) is 0.0329. The average Bonchev–Trinajstić information content (AvgIpc) is 3.29. The molecule has 0 aromatic carbocycles. The standard InChI is InChI=1S/C58H88N10O22/c69-47(9-17-65-51(73)1-2-52(65)74)59-13-27-81-37-41-85-31-21-63(22-32-86-42-38-82-28-14-60-48(70)10-18-66-53(75)3-4-54(66)76)25-35-89-45-46-90-36-26-64(23-33-87-43-39-83-29-15-61-49(71)11-19-67-55(77)5-6-56(67)78)24-34-88-44-40-84-30-16-62-50(72)12-20-68-57(79)7-8-58(68)80/h1-8H,9-46H2,(H,59,69)(H,60,70)(H,61,71)(H,62,72). The first-order chi connectivity index (χ1) is 43.7. The van der Waals surface area contributed by atoms with Gasteiger partial charge in [-0.05, 0) is 0 Å². The first-order valence-electron chi connectivity index (χ1n) is 30.1. The van der Waals surface area contributed by atoms with Gasteiger partial charge in [0, 0.05) is 166 Å². The van der Waals surface area contributed by atoms with Crippen LogP contribution in [0.15, 0.2) is 48.6 Å². The number of carbonyl (C=O) groups is 12. The molecule has 0 atom stereocenters. The molecule has 12 amide bonds. The molecule has 0 radical (unpaired) electrons. The molecule has 4 aliphatic heterocycles. The number of carbonyl (C=O) groups excluding carboxylic acids is 12. The first kappa shape index (κ1) is 75.4. The molecule has 0 saturated heterocycles. The van der Waals surface area contributed by atoms with Crippen molar-refractivity contribution in [2.75, 3.05) is 224 Å². The number of ether oxygens (including phenoxy) is 10. The molecular formula is C58H88N10O22. The second kappa shape index (κ2) is 46.9. The van der Waals surface area contributed by atoms with Crippen LogP contribution in [0.1, 0.15) is 25.7 Å². The van der Waals surface area contributed by atoms with E-state index in [2.05, 4.69) is 31.1 Å². The van der Waals surface area contributed by atoms with E-state index in [-0.39, 0.29) is 128 Å². The maximum atomic E-state index is 12.1. The molecule has 0 fully saturated rings. The van der Waals surface area contributed by atoms with Crippen LogP contribution < -0.4 is 21.3 Å². The summed E-state index contributed by atoms with van der Waals surface area (Å²) in [5.41, 5.74) is 0. The maximum Gasteiger partial charge on any atom is 0.253 e. The minimum atomic E-state index is -0.440. The Morgan fingerprint density at radius 2 is 0.411 bits per heavy atom. The number of hydrogen-bond donors (Lipinski definition) is 4. The Morgan fingerprint density at radius 1 is 0.256 bits per heavy atom. The van der Waals surface area contributed by atoms with Crippen molar-refractivity contribution in [2.24, 2.45) is 0 Å². The van der Waals surface area contributed by atoms with Gasteiger partial charge in [-0.25, -0.2) is 0 Å². The van der Waals surface area contributed by atoms with Gasteiger partial charge in [0.25, 0.3) is 47.3 Å². The van der Waals surface area contributed by atoms with Crippen molar-refractivity contribution in [1.29, 1.82) is 0 Å². The van der Waals surface area contributed by atoms with Crippen LogP contribution in [0.25, 0.3) is 0 Å². The number of hydrogen-bond acceptors (Lipinski definition) is 24. The van der Waals surface area contributed by atoms with E-state index in [1.807, 2.05) is 0 Å². The second-order valence-corrected chi connectivity index (χ2v) is 19.9. The zero-order valence-corrected chi connectivity index (χ0v) is 51.2. The van der Waals surface area contributed by atoms with Crippen molar-refractivity contribution >= 4 is 70.9 Å². The highest BCUT2D eigenvalue weighted by atomic mass is 16.5. The minimum Gasteiger partial charge on any atom is -0.378 e. The van der Waals surface area contributed by atoms with Gasteiger partial charge in [-0.1, -0.05) is 0 Å². The highest BCUT2D eigenvalue weighted by Gasteiger charge is 2.27. The zero-order valence-electron chi connectivity index (χ0n) is 51.2. The van der Waals surface area contributed by atoms with Crippen molar-refractivity contribution in [3.05, 3.63) is 48.6 Å². The van der Waals surface area contributed by atoms with Gasteiger partial charge in [0.15, 0.2) is 0 Å². The normalized spacial score (nSPS) is 14.6. The predicted molar refractivity (Wildman–Crippen MR) is 315 cm³/mol. The molecule has 0 unspecified atom stereocenters. The molecule has 0 aromatic heterocycles. The van der Waals surface area contributed by atoms with Crippen LogP contribution in [0.5, 0.6) is 0 Å². The van der Waals surface area contributed by atoms with Crippen molar-refractivity contribution in [1.82, 2.24) is 50.7 Å². The number of imide groups is 4. The van der Waals surface area contributed by atoms with Gasteiger partial charge in [0.2, 0.25) is 23.6 Å². The van der Waals surface area contributed by atoms with Gasteiger partial charge in [-0.2, -0.15) is 0 Å². The predicted octanol–water partition coefficient (Wildman–Crippen LogP) is -4.52. The fourth-order valence-corrected chi connectivity index (χ4v) is 8.31. The summed E-state index contributed by atoms with van der Waals surface area (Å²) >= 11 is 0. The lowest BCUT2D eigenvalue weighted by Crippen LogP contribution is -2.36. The molecule has 4 rings (SSSR count). The number of nitrogens with zero attached hydrogens (tertiary/aromatic N) is 6. The molecule has 0 bridgehead atoms. The van der Waals surface area contributed by atoms with Gasteiger partial charge in [0.1, 0.15) is 0 Å². The molecule has 4 heterocycles. The van der Waals surface area contributed by atoms with E-state index in [1.54, 1.807) is 0 Å². The molecule has 0 aromatic rings. The van der Waals surface area contributed by atoms with Crippen molar-refractivity contribution in [3.8, 4) is 0 Å². The molecule has 4 N–H and O–H groups in total. The number of amides is 12. The first-order valence-corrected chi connectivity index (χ1v) is 30.1. The van der Waals surface area contributed by atoms with Gasteiger partial charge in [-0.15, -0.1) is 0 Å². The van der Waals surface area contributed by atoms with Gasteiger partial charge >= 0.3 is 0 Å². The largest absolute Gasteiger partial charge is 0.378 e. The highest BCUT2D eigenvalue weighted by Crippen LogP contribution is 2.08. The summed E-state index contributed by atoms with van der Waals surface area (Å²) in [6.45, 7) is 10.9. The van der Waals surface area contributed by atoms with Gasteiger partial charge in [0.05, 0.1) is 132 Å². The average molecular weight is 1280 g/mol. The fourth-order valence-electron chi connectivity index (χ4n) is 8.31. The minimum absolute atomic E-state index is 0.000377. The van der Waals surface area contributed by atoms with Crippen molar-refractivity contribution in [3.63, 3.8) is 0 Å². The second-order valence-electron chi connectivity index (χ2n) is 19.9. The Kier molecular flexibility index (Phi) is 39.3. The van der Waals surface area contributed by atoms with Crippen LogP contribution in [0.3, 0.4) is 0 Å². The maximum absolute atomic E-state index is 12.1. The summed E-state index contributed by atoms with van der Waals surface area (Å²) in [5, 5.41) is 10.8. The van der Waals surface area contributed by atoms with E-state index in [0.29, 0.717) is 145 Å². The van der Waals surface area contributed by atoms with E-state index in [1.165, 1.54) is 48.6 Å². The van der Waals surface area contributed by atoms with E-state index < -0.39 is 47.3 Å². The van der Waals surface area contributed by atoms with Crippen LogP contribution in [-0.2, 0) is 105 Å². The topological polar surface area (TPSA) is 365 Å². The lowest BCUT2D eigenvalue weighted by atomic mass is 10.3. The molecule has 0 saturated carbocycles. The molecule has 502 valence electrons. The fraction of sp³-hybridized carbons (Fsp3) is 0.655. The third-order valence-corrected chi connectivity index (χ3v) is 13.3. The Labute approximate surface area is 523 Å². The SMILES string of the molecule is O=C(CCN1C(=O)C=CC1=O)NCCOCCOCCN(CCOCCOCCNC(=O)CCN1C(=O)C=CC1=O)CCOCCOCCN(CCOCCOCCNC(=O)CCN1C(=O)C=CC1=O)CCOCCOCCNC(=O)CCN1C(=O)C=CC1=O. The highest BCUT2D eigenvalue weighted by molar-refractivity contribution is 6.14. The lowest BCUT2D eigenvalue weighted by Gasteiger charge is -2.23. The van der Waals surface area contributed by atoms with E-state index >= 15 is 0 Å². The van der Waals surface area contributed by atoms with Crippen LogP contribution >= 0.6 is 0 Å². The van der Waals surface area contributed by atoms with Crippen LogP contribution in [0.4, 0.5) is 0 Å². The molecule has 32 heteroatoms. The van der Waals surface area contributed by atoms with Crippen LogP contribution in [0, 0.1) is 0 Å². The van der Waals surface area contributed by atoms with E-state index in [9.17, 15) is 57.5 Å². The Morgan fingerprint density at radius 3 is 0.578 bits per heavy atom. The van der Waals surface area contributed by atoms with Crippen molar-refractivity contribution < 1.29 is 105 Å². The molecule has 0 spiro atoms. The molecule has 32 nitrogen and oxygen atoms in total. The Bertz CT molecular complexity index is 2040. The van der Waals surface area contributed by atoms with Crippen LogP contribution in [-0.4, -0.2) is 324 Å². The molecule has 4 aliphatic rings. The van der Waals surface area contributed by atoms with E-state index in [0.717, 1.165) is 19.6 Å². The molecule has 90 heavy (non-hydrogen) atoms. The number of rotatable bonds is 57. The summed E-state index contributed by atoms with van der Waals surface area (Å²) in [7, 11) is 0. The summed E-state index contributed by atoms with van der Waals surface area (Å²) in [4.78, 5) is 150. The smallest absolute Gasteiger partial charge is 0.253 e. The number of nitrogens with one attached hydrogen (secondary N) is 4. The monoisotopic (exact) mass is 1280 g/mol. The lowest BCUT2D eigenvalue weighted by molar-refractivity contribution is -0.139. The van der Waals surface area contributed by atoms with E-state index in [4.69, 9.17) is 47.4 Å². The third-order valence-electron chi connectivity index (χ3n) is 13.3. The van der Waals surface area contributed by atoms with Gasteiger partial charge < -0.3 is 68.6 Å². The summed E-state index contributed by atoms with van der Waals surface area (Å²) in [6, 6.07) is 0. The molecule has 0 aliphatic carbocycles. The summed E-state index contributed by atoms with van der Waals surface area (Å²) in [6.07, 6.45) is 9.31.